The molecule has 1 N–H and O–H groups in total. The molecule has 3 rings (SSSR count). The first kappa shape index (κ1) is 18.5. The zero-order chi connectivity index (χ0) is 19.1. The Bertz CT molecular complexity index is 946. The highest BCUT2D eigenvalue weighted by Crippen LogP contribution is 2.17. The van der Waals surface area contributed by atoms with Gasteiger partial charge in [-0.1, -0.05) is 48.5 Å². The molecule has 0 aliphatic rings. The van der Waals surface area contributed by atoms with E-state index in [0.717, 1.165) is 28.1 Å². The maximum atomic E-state index is 12.1. The molecule has 0 aliphatic carbocycles. The molecule has 0 aliphatic heterocycles. The van der Waals surface area contributed by atoms with Crippen LogP contribution < -0.4 is 10.1 Å². The molecule has 0 radical (unpaired) electrons. The van der Waals surface area contributed by atoms with Crippen LogP contribution in [-0.2, 0) is 11.4 Å². The molecule has 1 amide bonds. The van der Waals surface area contributed by atoms with Crippen molar-refractivity contribution < 1.29 is 9.53 Å². The molecule has 27 heavy (non-hydrogen) atoms. The summed E-state index contributed by atoms with van der Waals surface area (Å²) in [6.45, 7) is 4.59. The van der Waals surface area contributed by atoms with Gasteiger partial charge in [0.15, 0.2) is 0 Å². The maximum absolute atomic E-state index is 12.1. The highest BCUT2D eigenvalue weighted by Gasteiger charge is 2.01. The van der Waals surface area contributed by atoms with E-state index in [1.54, 1.807) is 6.08 Å². The van der Waals surface area contributed by atoms with Crippen LogP contribution in [0.15, 0.2) is 78.9 Å². The average Bonchev–Trinajstić information content (AvgIpc) is 2.69. The lowest BCUT2D eigenvalue weighted by Crippen LogP contribution is -2.07. The molecule has 0 saturated carbocycles. The van der Waals surface area contributed by atoms with Crippen LogP contribution in [0, 0.1) is 13.8 Å². The fourth-order valence-electron chi connectivity index (χ4n) is 2.62. The highest BCUT2D eigenvalue weighted by atomic mass is 16.5. The van der Waals surface area contributed by atoms with Gasteiger partial charge in [0.25, 0.3) is 0 Å². The predicted octanol–water partition coefficient (Wildman–Crippen LogP) is 5.53. The standard InChI is InChI=1S/C24H23NO2/c1-18-11-13-22(15-19(18)2)25-24(26)14-12-20-9-6-10-23(16-20)27-17-21-7-4-3-5-8-21/h3-16H,17H2,1-2H3,(H,25,26)/b14-12+. The first-order valence-electron chi connectivity index (χ1n) is 8.93. The van der Waals surface area contributed by atoms with Crippen LogP contribution in [0.5, 0.6) is 5.75 Å². The van der Waals surface area contributed by atoms with Crippen molar-refractivity contribution in [2.75, 3.05) is 5.32 Å². The Morgan fingerprint density at radius 2 is 1.74 bits per heavy atom. The summed E-state index contributed by atoms with van der Waals surface area (Å²) in [7, 11) is 0. The van der Waals surface area contributed by atoms with Crippen molar-refractivity contribution in [1.82, 2.24) is 0 Å². The van der Waals surface area contributed by atoms with E-state index in [2.05, 4.69) is 5.32 Å². The number of carbonyl (C=O) groups is 1. The molecule has 0 fully saturated rings. The molecule has 0 bridgehead atoms. The Balaban J connectivity index is 1.59. The van der Waals surface area contributed by atoms with E-state index >= 15 is 0 Å². The molecule has 136 valence electrons. The van der Waals surface area contributed by atoms with Crippen molar-refractivity contribution in [3.63, 3.8) is 0 Å². The SMILES string of the molecule is Cc1ccc(NC(=O)/C=C/c2cccc(OCc3ccccc3)c2)cc1C. The van der Waals surface area contributed by atoms with Crippen LogP contribution in [-0.4, -0.2) is 5.91 Å². The minimum Gasteiger partial charge on any atom is -0.489 e. The number of carbonyl (C=O) groups excluding carboxylic acids is 1. The zero-order valence-electron chi connectivity index (χ0n) is 15.6. The third kappa shape index (κ3) is 5.58. The third-order valence-electron chi connectivity index (χ3n) is 4.31. The topological polar surface area (TPSA) is 38.3 Å². The van der Waals surface area contributed by atoms with E-state index in [1.165, 1.54) is 11.6 Å². The molecule has 3 aromatic rings. The number of rotatable bonds is 6. The Labute approximate surface area is 160 Å². The number of amides is 1. The van der Waals surface area contributed by atoms with Gasteiger partial charge in [-0.05, 0) is 66.4 Å². The first-order valence-corrected chi connectivity index (χ1v) is 8.93. The summed E-state index contributed by atoms with van der Waals surface area (Å²) in [5.74, 6) is 0.615. The second-order valence-corrected chi connectivity index (χ2v) is 6.47. The van der Waals surface area contributed by atoms with Crippen LogP contribution >= 0.6 is 0 Å². The average molecular weight is 357 g/mol. The quantitative estimate of drug-likeness (QED) is 0.589. The minimum absolute atomic E-state index is 0.158. The highest BCUT2D eigenvalue weighted by molar-refractivity contribution is 6.02. The molecule has 0 spiro atoms. The molecule has 3 heteroatoms. The van der Waals surface area contributed by atoms with Gasteiger partial charge in [-0.2, -0.15) is 0 Å². The lowest BCUT2D eigenvalue weighted by Gasteiger charge is -2.07. The largest absolute Gasteiger partial charge is 0.489 e. The van der Waals surface area contributed by atoms with Gasteiger partial charge in [0, 0.05) is 11.8 Å². The Morgan fingerprint density at radius 3 is 2.52 bits per heavy atom. The summed E-state index contributed by atoms with van der Waals surface area (Å²) in [5, 5.41) is 2.88. The van der Waals surface area contributed by atoms with Crippen molar-refractivity contribution in [2.24, 2.45) is 0 Å². The number of aryl methyl sites for hydroxylation is 2. The fourth-order valence-corrected chi connectivity index (χ4v) is 2.62. The van der Waals surface area contributed by atoms with Crippen LogP contribution in [0.25, 0.3) is 6.08 Å². The Hall–Kier alpha value is -3.33. The van der Waals surface area contributed by atoms with E-state index in [4.69, 9.17) is 4.74 Å². The van der Waals surface area contributed by atoms with Gasteiger partial charge in [-0.3, -0.25) is 4.79 Å². The van der Waals surface area contributed by atoms with Gasteiger partial charge in [0.05, 0.1) is 0 Å². The van der Waals surface area contributed by atoms with Crippen LogP contribution in [0.4, 0.5) is 5.69 Å². The van der Waals surface area contributed by atoms with Crippen LogP contribution in [0.1, 0.15) is 22.3 Å². The lowest BCUT2D eigenvalue weighted by atomic mass is 10.1. The van der Waals surface area contributed by atoms with Gasteiger partial charge in [-0.25, -0.2) is 0 Å². The van der Waals surface area contributed by atoms with Crippen molar-refractivity contribution >= 4 is 17.7 Å². The van der Waals surface area contributed by atoms with Gasteiger partial charge in [-0.15, -0.1) is 0 Å². The summed E-state index contributed by atoms with van der Waals surface area (Å²) in [4.78, 5) is 12.1. The van der Waals surface area contributed by atoms with Crippen molar-refractivity contribution in [2.45, 2.75) is 20.5 Å². The summed E-state index contributed by atoms with van der Waals surface area (Å²) >= 11 is 0. The third-order valence-corrected chi connectivity index (χ3v) is 4.31. The molecular weight excluding hydrogens is 334 g/mol. The van der Waals surface area contributed by atoms with E-state index in [0.29, 0.717) is 6.61 Å². The van der Waals surface area contributed by atoms with Gasteiger partial charge in [0.2, 0.25) is 5.91 Å². The second-order valence-electron chi connectivity index (χ2n) is 6.47. The molecular formula is C24H23NO2. The van der Waals surface area contributed by atoms with Gasteiger partial charge < -0.3 is 10.1 Å². The lowest BCUT2D eigenvalue weighted by molar-refractivity contribution is -0.111. The molecule has 0 heterocycles. The second kappa shape index (κ2) is 8.86. The monoisotopic (exact) mass is 357 g/mol. The van der Waals surface area contributed by atoms with E-state index in [-0.39, 0.29) is 5.91 Å². The number of benzene rings is 3. The van der Waals surface area contributed by atoms with Crippen LogP contribution in [0.3, 0.4) is 0 Å². The maximum Gasteiger partial charge on any atom is 0.248 e. The Morgan fingerprint density at radius 1 is 0.926 bits per heavy atom. The molecule has 3 nitrogen and oxygen atoms in total. The fraction of sp³-hybridized carbons (Fsp3) is 0.125. The number of anilines is 1. The van der Waals surface area contributed by atoms with Crippen molar-refractivity contribution in [1.29, 1.82) is 0 Å². The normalized spacial score (nSPS) is 10.7. The number of nitrogens with one attached hydrogen (secondary N) is 1. The van der Waals surface area contributed by atoms with Gasteiger partial charge >= 0.3 is 0 Å². The molecule has 0 unspecified atom stereocenters. The number of hydrogen-bond acceptors (Lipinski definition) is 2. The van der Waals surface area contributed by atoms with E-state index in [9.17, 15) is 4.79 Å². The van der Waals surface area contributed by atoms with E-state index < -0.39 is 0 Å². The predicted molar refractivity (Wildman–Crippen MR) is 111 cm³/mol. The smallest absolute Gasteiger partial charge is 0.248 e. The van der Waals surface area contributed by atoms with Crippen molar-refractivity contribution in [3.05, 3.63) is 101 Å². The molecule has 0 atom stereocenters. The zero-order valence-corrected chi connectivity index (χ0v) is 15.6. The summed E-state index contributed by atoms with van der Waals surface area (Å²) in [6, 6.07) is 23.6. The molecule has 3 aromatic carbocycles. The summed E-state index contributed by atoms with van der Waals surface area (Å²) in [5.41, 5.74) is 5.19. The first-order chi connectivity index (χ1) is 13.1. The minimum atomic E-state index is -0.158. The van der Waals surface area contributed by atoms with Crippen LogP contribution in [0.2, 0.25) is 0 Å². The van der Waals surface area contributed by atoms with E-state index in [1.807, 2.05) is 86.6 Å². The summed E-state index contributed by atoms with van der Waals surface area (Å²) in [6.07, 6.45) is 3.32. The Kier molecular flexibility index (Phi) is 6.06. The summed E-state index contributed by atoms with van der Waals surface area (Å²) < 4.78 is 5.83. The number of hydrogen-bond donors (Lipinski definition) is 1. The van der Waals surface area contributed by atoms with Gasteiger partial charge in [0.1, 0.15) is 12.4 Å². The molecule has 0 saturated heterocycles. The molecule has 0 aromatic heterocycles. The number of ether oxygens (including phenoxy) is 1. The van der Waals surface area contributed by atoms with Crippen molar-refractivity contribution in [3.8, 4) is 5.75 Å².